The molecule has 0 saturated heterocycles. The van der Waals surface area contributed by atoms with Gasteiger partial charge in [-0.15, -0.1) is 0 Å². The van der Waals surface area contributed by atoms with Crippen LogP contribution in [0.5, 0.6) is 0 Å². The molecule has 0 aliphatic rings. The molecule has 1 N–H and O–H groups in total. The van der Waals surface area contributed by atoms with Crippen LogP contribution in [-0.4, -0.2) is 35.5 Å². The number of aliphatic imine (C=N–C) groups is 1. The van der Waals surface area contributed by atoms with Crippen molar-refractivity contribution in [1.82, 2.24) is 15.1 Å². The maximum Gasteiger partial charge on any atom is 0.174 e. The third kappa shape index (κ3) is 1.89. The maximum absolute atomic E-state index is 4.02. The van der Waals surface area contributed by atoms with E-state index in [1.807, 2.05) is 19.0 Å². The van der Waals surface area contributed by atoms with Crippen molar-refractivity contribution in [3.63, 3.8) is 0 Å². The molecule has 0 amide bonds. The van der Waals surface area contributed by atoms with Crippen molar-refractivity contribution in [3.05, 3.63) is 12.3 Å². The van der Waals surface area contributed by atoms with Gasteiger partial charge in [0.1, 0.15) is 0 Å². The number of aromatic nitrogens is 2. The van der Waals surface area contributed by atoms with Crippen LogP contribution in [-0.2, 0) is 0 Å². The molecule has 0 aliphatic carbocycles. The predicted octanol–water partition coefficient (Wildman–Crippen LogP) is 0.631. The molecule has 0 atom stereocenters. The fourth-order valence-corrected chi connectivity index (χ4v) is 0.499. The van der Waals surface area contributed by atoms with E-state index in [4.69, 9.17) is 0 Å². The quantitative estimate of drug-likeness (QED) is 0.481. The molecule has 0 aliphatic heterocycles. The summed E-state index contributed by atoms with van der Waals surface area (Å²) in [4.78, 5) is 5.88. The third-order valence-electron chi connectivity index (χ3n) is 0.907. The molecular formula is C6H10N4. The molecule has 0 radical (unpaired) electrons. The smallest absolute Gasteiger partial charge is 0.174 e. The molecule has 1 rings (SSSR count). The van der Waals surface area contributed by atoms with E-state index in [1.165, 1.54) is 0 Å². The zero-order chi connectivity index (χ0) is 7.40. The predicted molar refractivity (Wildman–Crippen MR) is 40.4 cm³/mol. The third-order valence-corrected chi connectivity index (χ3v) is 0.907. The summed E-state index contributed by atoms with van der Waals surface area (Å²) in [5, 5.41) is 6.51. The van der Waals surface area contributed by atoms with Gasteiger partial charge < -0.3 is 4.90 Å². The molecule has 0 fully saturated rings. The number of hydrogen-bond donors (Lipinski definition) is 1. The Labute approximate surface area is 59.6 Å². The summed E-state index contributed by atoms with van der Waals surface area (Å²) in [6.07, 6.45) is 3.44. The van der Waals surface area contributed by atoms with Crippen LogP contribution >= 0.6 is 0 Å². The molecule has 0 unspecified atom stereocenters. The van der Waals surface area contributed by atoms with Crippen molar-refractivity contribution in [3.8, 4) is 0 Å². The summed E-state index contributed by atoms with van der Waals surface area (Å²) in [6, 6.07) is 1.81. The topological polar surface area (TPSA) is 44.3 Å². The lowest BCUT2D eigenvalue weighted by Crippen LogP contribution is -2.06. The number of hydrogen-bond acceptors (Lipinski definition) is 2. The highest BCUT2D eigenvalue weighted by Crippen LogP contribution is 2.01. The van der Waals surface area contributed by atoms with Gasteiger partial charge in [0.25, 0.3) is 0 Å². The zero-order valence-electron chi connectivity index (χ0n) is 6.07. The van der Waals surface area contributed by atoms with Crippen molar-refractivity contribution >= 4 is 12.2 Å². The molecular weight excluding hydrogens is 128 g/mol. The highest BCUT2D eigenvalue weighted by Gasteiger charge is 1.85. The molecule has 1 aromatic rings. The van der Waals surface area contributed by atoms with E-state index in [2.05, 4.69) is 15.2 Å². The standard InChI is InChI=1S/C6H10N4/c1-10(2)5-7-6-3-4-8-9-6/h3-5H,1-2H3,(H,8,9). The van der Waals surface area contributed by atoms with Crippen molar-refractivity contribution in [1.29, 1.82) is 0 Å². The number of nitrogens with one attached hydrogen (secondary N) is 1. The lowest BCUT2D eigenvalue weighted by molar-refractivity contribution is 0.643. The van der Waals surface area contributed by atoms with Gasteiger partial charge in [-0.1, -0.05) is 0 Å². The van der Waals surface area contributed by atoms with Crippen molar-refractivity contribution in [2.45, 2.75) is 0 Å². The van der Waals surface area contributed by atoms with Gasteiger partial charge in [-0.05, 0) is 0 Å². The minimum Gasteiger partial charge on any atom is -0.369 e. The van der Waals surface area contributed by atoms with Gasteiger partial charge in [-0.25, -0.2) is 4.99 Å². The highest BCUT2D eigenvalue weighted by molar-refractivity contribution is 5.58. The van der Waals surface area contributed by atoms with E-state index in [-0.39, 0.29) is 0 Å². The van der Waals surface area contributed by atoms with Crippen LogP contribution in [0.25, 0.3) is 0 Å². The second-order valence-electron chi connectivity index (χ2n) is 2.14. The minimum atomic E-state index is 0.703. The first kappa shape index (κ1) is 6.80. The van der Waals surface area contributed by atoms with E-state index in [0.29, 0.717) is 5.82 Å². The normalized spacial score (nSPS) is 10.6. The van der Waals surface area contributed by atoms with Gasteiger partial charge in [-0.2, -0.15) is 5.10 Å². The molecule has 0 bridgehead atoms. The van der Waals surface area contributed by atoms with Crippen molar-refractivity contribution in [2.75, 3.05) is 14.1 Å². The number of H-pyrrole nitrogens is 1. The van der Waals surface area contributed by atoms with Crippen LogP contribution in [0, 0.1) is 0 Å². The number of rotatable bonds is 2. The number of nitrogens with zero attached hydrogens (tertiary/aromatic N) is 3. The lowest BCUT2D eigenvalue weighted by Gasteiger charge is -1.99. The molecule has 4 nitrogen and oxygen atoms in total. The van der Waals surface area contributed by atoms with Gasteiger partial charge >= 0.3 is 0 Å². The van der Waals surface area contributed by atoms with Crippen molar-refractivity contribution in [2.24, 2.45) is 4.99 Å². The molecule has 10 heavy (non-hydrogen) atoms. The first-order chi connectivity index (χ1) is 4.79. The fraction of sp³-hybridized carbons (Fsp3) is 0.333. The van der Waals surface area contributed by atoms with Crippen LogP contribution in [0.2, 0.25) is 0 Å². The van der Waals surface area contributed by atoms with Crippen molar-refractivity contribution < 1.29 is 0 Å². The Morgan fingerprint density at radius 1 is 1.70 bits per heavy atom. The van der Waals surface area contributed by atoms with Crippen LogP contribution in [0.4, 0.5) is 5.82 Å². The summed E-state index contributed by atoms with van der Waals surface area (Å²) in [5.74, 6) is 0.703. The van der Waals surface area contributed by atoms with E-state index >= 15 is 0 Å². The van der Waals surface area contributed by atoms with Gasteiger partial charge in [0.2, 0.25) is 0 Å². The molecule has 1 heterocycles. The molecule has 4 heteroatoms. The van der Waals surface area contributed by atoms with E-state index in [0.717, 1.165) is 0 Å². The second kappa shape index (κ2) is 3.00. The first-order valence-electron chi connectivity index (χ1n) is 2.99. The van der Waals surface area contributed by atoms with Crippen LogP contribution in [0.1, 0.15) is 0 Å². The minimum absolute atomic E-state index is 0.703. The molecule has 54 valence electrons. The number of aromatic amines is 1. The summed E-state index contributed by atoms with van der Waals surface area (Å²) in [6.45, 7) is 0. The monoisotopic (exact) mass is 138 g/mol. The summed E-state index contributed by atoms with van der Waals surface area (Å²) >= 11 is 0. The largest absolute Gasteiger partial charge is 0.369 e. The fourth-order valence-electron chi connectivity index (χ4n) is 0.499. The maximum atomic E-state index is 4.02. The first-order valence-corrected chi connectivity index (χ1v) is 2.99. The average molecular weight is 138 g/mol. The summed E-state index contributed by atoms with van der Waals surface area (Å²) < 4.78 is 0. The second-order valence-corrected chi connectivity index (χ2v) is 2.14. The molecule has 0 saturated carbocycles. The Kier molecular flexibility index (Phi) is 2.04. The van der Waals surface area contributed by atoms with Gasteiger partial charge in [0, 0.05) is 26.4 Å². The Morgan fingerprint density at radius 3 is 3.00 bits per heavy atom. The van der Waals surface area contributed by atoms with E-state index in [9.17, 15) is 0 Å². The Morgan fingerprint density at radius 2 is 2.50 bits per heavy atom. The van der Waals surface area contributed by atoms with Crippen LogP contribution in [0.15, 0.2) is 17.3 Å². The van der Waals surface area contributed by atoms with E-state index < -0.39 is 0 Å². The zero-order valence-corrected chi connectivity index (χ0v) is 6.07. The lowest BCUT2D eigenvalue weighted by atomic mass is 10.7. The molecule has 1 aromatic heterocycles. The molecule has 0 spiro atoms. The molecule has 0 aromatic carbocycles. The van der Waals surface area contributed by atoms with Gasteiger partial charge in [0.15, 0.2) is 5.82 Å². The Bertz CT molecular complexity index is 200. The van der Waals surface area contributed by atoms with Crippen LogP contribution < -0.4 is 0 Å². The summed E-state index contributed by atoms with van der Waals surface area (Å²) in [5.41, 5.74) is 0. The Hall–Kier alpha value is -1.32. The average Bonchev–Trinajstić information content (AvgIpc) is 2.34. The summed E-state index contributed by atoms with van der Waals surface area (Å²) in [7, 11) is 3.83. The van der Waals surface area contributed by atoms with Crippen LogP contribution in [0.3, 0.4) is 0 Å². The SMILES string of the molecule is CN(C)C=Nc1cc[nH]n1. The Balaban J connectivity index is 2.55. The highest BCUT2D eigenvalue weighted by atomic mass is 15.2. The van der Waals surface area contributed by atoms with Gasteiger partial charge in [0.05, 0.1) is 6.34 Å². The van der Waals surface area contributed by atoms with E-state index in [1.54, 1.807) is 18.6 Å². The van der Waals surface area contributed by atoms with Gasteiger partial charge in [-0.3, -0.25) is 5.10 Å².